The molecular formula is C10H27NNaOSi2. The van der Waals surface area contributed by atoms with E-state index in [0.29, 0.717) is 0 Å². The molecule has 15 heavy (non-hydrogen) atoms. The van der Waals surface area contributed by atoms with Crippen LogP contribution < -0.4 is 0 Å². The van der Waals surface area contributed by atoms with Crippen LogP contribution in [-0.4, -0.2) is 71.2 Å². The number of nitrogens with zero attached hydrogens (tertiary/aromatic N) is 1. The van der Waals surface area contributed by atoms with Crippen LogP contribution in [0.25, 0.3) is 0 Å². The molecule has 0 N–H and O–H groups in total. The van der Waals surface area contributed by atoms with E-state index >= 15 is 0 Å². The molecule has 0 aromatic heterocycles. The van der Waals surface area contributed by atoms with Crippen molar-refractivity contribution in [1.82, 2.24) is 4.23 Å². The Labute approximate surface area is 121 Å². The molecule has 0 aromatic rings. The van der Waals surface area contributed by atoms with E-state index in [1.165, 1.54) is 12.8 Å². The molecule has 1 radical (unpaired) electrons. The molecule has 87 valence electrons. The fourth-order valence-corrected chi connectivity index (χ4v) is 7.48. The summed E-state index contributed by atoms with van der Waals surface area (Å²) in [7, 11) is 0.858. The molecule has 5 heteroatoms. The van der Waals surface area contributed by atoms with Crippen molar-refractivity contribution in [1.29, 1.82) is 0 Å². The van der Waals surface area contributed by atoms with E-state index in [2.05, 4.69) is 44.0 Å². The second-order valence-corrected chi connectivity index (χ2v) is 13.7. The standard InChI is InChI=1S/C6H19NSi2.C4H8O.Na/c1-7(8(2)3)9(4,5)6;1-2-4-5-3-1;/h8H,1-6H3;1-4H2;. The van der Waals surface area contributed by atoms with Gasteiger partial charge in [0.15, 0.2) is 0 Å². The van der Waals surface area contributed by atoms with Gasteiger partial charge in [-0.3, -0.25) is 0 Å². The molecule has 1 heterocycles. The maximum Gasteiger partial charge on any atom is 0.111 e. The van der Waals surface area contributed by atoms with Crippen molar-refractivity contribution in [2.24, 2.45) is 0 Å². The Balaban J connectivity index is 0. The van der Waals surface area contributed by atoms with Crippen molar-refractivity contribution in [2.45, 2.75) is 45.6 Å². The van der Waals surface area contributed by atoms with Crippen LogP contribution >= 0.6 is 0 Å². The summed E-state index contributed by atoms with van der Waals surface area (Å²) in [5.41, 5.74) is 0. The van der Waals surface area contributed by atoms with Crippen molar-refractivity contribution in [3.63, 3.8) is 0 Å². The predicted molar refractivity (Wildman–Crippen MR) is 75.8 cm³/mol. The number of hydrogen-bond acceptors (Lipinski definition) is 2. The molecule has 0 bridgehead atoms. The average molecular weight is 256 g/mol. The summed E-state index contributed by atoms with van der Waals surface area (Å²) in [5.74, 6) is 0. The van der Waals surface area contributed by atoms with Gasteiger partial charge in [-0.1, -0.05) is 32.7 Å². The Morgan fingerprint density at radius 1 is 1.07 bits per heavy atom. The Kier molecular flexibility index (Phi) is 11.7. The molecule has 0 saturated carbocycles. The predicted octanol–water partition coefficient (Wildman–Crippen LogP) is 2.15. The van der Waals surface area contributed by atoms with Crippen molar-refractivity contribution in [2.75, 3.05) is 20.3 Å². The summed E-state index contributed by atoms with van der Waals surface area (Å²) in [4.78, 5) is 0. The van der Waals surface area contributed by atoms with E-state index in [-0.39, 0.29) is 29.6 Å². The minimum Gasteiger partial charge on any atom is -0.381 e. The first-order valence-corrected chi connectivity index (χ1v) is 11.9. The maximum atomic E-state index is 4.94. The first-order valence-electron chi connectivity index (χ1n) is 5.66. The first-order chi connectivity index (χ1) is 6.35. The van der Waals surface area contributed by atoms with E-state index in [4.69, 9.17) is 4.74 Å². The summed E-state index contributed by atoms with van der Waals surface area (Å²) in [6.45, 7) is 14.0. The number of hydrogen-bond donors (Lipinski definition) is 0. The Morgan fingerprint density at radius 2 is 1.47 bits per heavy atom. The largest absolute Gasteiger partial charge is 0.381 e. The smallest absolute Gasteiger partial charge is 0.111 e. The normalized spacial score (nSPS) is 16.0. The van der Waals surface area contributed by atoms with Crippen LogP contribution in [0.3, 0.4) is 0 Å². The summed E-state index contributed by atoms with van der Waals surface area (Å²) < 4.78 is 7.58. The van der Waals surface area contributed by atoms with Crippen molar-refractivity contribution < 1.29 is 4.74 Å². The van der Waals surface area contributed by atoms with E-state index in [1.807, 2.05) is 0 Å². The zero-order valence-electron chi connectivity index (χ0n) is 11.8. The molecule has 1 saturated heterocycles. The fourth-order valence-electron chi connectivity index (χ4n) is 1.28. The third-order valence-corrected chi connectivity index (χ3v) is 10.2. The summed E-state index contributed by atoms with van der Waals surface area (Å²) >= 11 is 0. The quantitative estimate of drug-likeness (QED) is 0.702. The fraction of sp³-hybridized carbons (Fsp3) is 1.00. The minimum absolute atomic E-state index is 0. The van der Waals surface area contributed by atoms with Gasteiger partial charge in [0, 0.05) is 42.8 Å². The van der Waals surface area contributed by atoms with Crippen LogP contribution in [0.4, 0.5) is 0 Å². The SMILES string of the molecule is C1CCOC1.CN([SiH](C)C)[Si](C)(C)C.[Na]. The second kappa shape index (κ2) is 9.39. The Morgan fingerprint density at radius 3 is 1.53 bits per heavy atom. The average Bonchev–Trinajstić information content (AvgIpc) is 2.57. The number of ether oxygens (including phenoxy) is 1. The molecule has 2 nitrogen and oxygen atoms in total. The van der Waals surface area contributed by atoms with Crippen molar-refractivity contribution >= 4 is 46.8 Å². The van der Waals surface area contributed by atoms with E-state index in [1.54, 1.807) is 0 Å². The van der Waals surface area contributed by atoms with E-state index < -0.39 is 17.2 Å². The van der Waals surface area contributed by atoms with Gasteiger partial charge in [0.05, 0.1) is 8.96 Å². The third-order valence-electron chi connectivity index (χ3n) is 2.66. The van der Waals surface area contributed by atoms with Gasteiger partial charge in [-0.05, 0) is 19.9 Å². The minimum atomic E-state index is -0.929. The third kappa shape index (κ3) is 10.2. The zero-order chi connectivity index (χ0) is 11.2. The first kappa shape index (κ1) is 18.7. The summed E-state index contributed by atoms with van der Waals surface area (Å²) in [5, 5.41) is 0. The topological polar surface area (TPSA) is 12.5 Å². The van der Waals surface area contributed by atoms with Crippen molar-refractivity contribution in [3.05, 3.63) is 0 Å². The molecule has 0 aliphatic carbocycles. The van der Waals surface area contributed by atoms with Crippen LogP contribution in [0.5, 0.6) is 0 Å². The van der Waals surface area contributed by atoms with Crippen molar-refractivity contribution in [3.8, 4) is 0 Å². The van der Waals surface area contributed by atoms with E-state index in [9.17, 15) is 0 Å². The Hall–Kier alpha value is 1.35. The molecular weight excluding hydrogens is 229 g/mol. The van der Waals surface area contributed by atoms with Crippen LogP contribution in [0.15, 0.2) is 0 Å². The monoisotopic (exact) mass is 256 g/mol. The molecule has 0 unspecified atom stereocenters. The van der Waals surface area contributed by atoms with Gasteiger partial charge in [-0.15, -0.1) is 0 Å². The van der Waals surface area contributed by atoms with Crippen LogP contribution in [0.1, 0.15) is 12.8 Å². The maximum absolute atomic E-state index is 4.94. The van der Waals surface area contributed by atoms with Gasteiger partial charge in [0.25, 0.3) is 0 Å². The Bertz CT molecular complexity index is 139. The molecule has 0 amide bonds. The molecule has 0 spiro atoms. The summed E-state index contributed by atoms with van der Waals surface area (Å²) in [6, 6.07) is 0. The number of rotatable bonds is 2. The van der Waals surface area contributed by atoms with Crippen LogP contribution in [-0.2, 0) is 4.74 Å². The zero-order valence-corrected chi connectivity index (χ0v) is 15.9. The van der Waals surface area contributed by atoms with Gasteiger partial charge in [-0.25, -0.2) is 0 Å². The molecule has 1 aliphatic rings. The van der Waals surface area contributed by atoms with Gasteiger partial charge in [0.2, 0.25) is 0 Å². The second-order valence-electron chi connectivity index (χ2n) is 5.19. The van der Waals surface area contributed by atoms with E-state index in [0.717, 1.165) is 13.2 Å². The van der Waals surface area contributed by atoms with Gasteiger partial charge in [0.1, 0.15) is 8.24 Å². The summed E-state index contributed by atoms with van der Waals surface area (Å²) in [6.07, 6.45) is 2.56. The van der Waals surface area contributed by atoms with Gasteiger partial charge < -0.3 is 8.97 Å². The van der Waals surface area contributed by atoms with Crippen LogP contribution in [0.2, 0.25) is 32.7 Å². The van der Waals surface area contributed by atoms with Gasteiger partial charge in [-0.2, -0.15) is 0 Å². The molecule has 1 fully saturated rings. The molecule has 1 aliphatic heterocycles. The molecule has 0 aromatic carbocycles. The van der Waals surface area contributed by atoms with Crippen LogP contribution in [0, 0.1) is 0 Å². The molecule has 0 atom stereocenters. The van der Waals surface area contributed by atoms with Gasteiger partial charge >= 0.3 is 0 Å². The molecule has 1 rings (SSSR count).